The Morgan fingerprint density at radius 1 is 1.13 bits per heavy atom. The van der Waals surface area contributed by atoms with E-state index in [4.69, 9.17) is 5.73 Å². The van der Waals surface area contributed by atoms with Crippen LogP contribution in [0, 0.1) is 6.92 Å². The summed E-state index contributed by atoms with van der Waals surface area (Å²) in [5, 5.41) is 4.13. The van der Waals surface area contributed by atoms with Gasteiger partial charge in [0.1, 0.15) is 0 Å². The molecule has 7 nitrogen and oxygen atoms in total. The number of aryl methyl sites for hydroxylation is 1. The SMILES string of the molecule is Cc1ccc2c(Nc3ccc(C(N)=O)cc3)c(C(=O)N3CCCC[C@@H]3C)cnc2n1. The molecule has 1 aromatic carbocycles. The van der Waals surface area contributed by atoms with Crippen molar-refractivity contribution < 1.29 is 9.59 Å². The molecular formula is C23H25N5O2. The largest absolute Gasteiger partial charge is 0.366 e. The molecule has 3 aromatic rings. The standard InChI is InChI=1S/C23H25N5O2/c1-14-6-11-18-20(27-17-9-7-16(8-10-17)21(24)29)19(13-25-22(18)26-14)23(30)28-12-4-3-5-15(28)2/h6-11,13,15H,3-5,12H2,1-2H3,(H2,24,29)(H,25,26,27)/t15-/m0/s1. The smallest absolute Gasteiger partial charge is 0.257 e. The number of benzene rings is 1. The van der Waals surface area contributed by atoms with Gasteiger partial charge < -0.3 is 16.0 Å². The van der Waals surface area contributed by atoms with Crippen LogP contribution in [0.4, 0.5) is 11.4 Å². The average molecular weight is 403 g/mol. The highest BCUT2D eigenvalue weighted by atomic mass is 16.2. The van der Waals surface area contributed by atoms with Crippen molar-refractivity contribution >= 4 is 34.2 Å². The number of likely N-dealkylation sites (tertiary alicyclic amines) is 1. The van der Waals surface area contributed by atoms with Crippen molar-refractivity contribution in [3.8, 4) is 0 Å². The molecule has 7 heteroatoms. The van der Waals surface area contributed by atoms with Crippen molar-refractivity contribution in [2.24, 2.45) is 5.73 Å². The number of anilines is 2. The second-order valence-corrected chi connectivity index (χ2v) is 7.78. The third-order valence-electron chi connectivity index (χ3n) is 5.60. The van der Waals surface area contributed by atoms with Crippen LogP contribution in [0.15, 0.2) is 42.6 Å². The maximum atomic E-state index is 13.4. The van der Waals surface area contributed by atoms with E-state index < -0.39 is 5.91 Å². The molecule has 0 bridgehead atoms. The van der Waals surface area contributed by atoms with E-state index in [0.717, 1.165) is 42.6 Å². The van der Waals surface area contributed by atoms with Crippen LogP contribution in [0.5, 0.6) is 0 Å². The second-order valence-electron chi connectivity index (χ2n) is 7.78. The number of nitrogens with two attached hydrogens (primary N) is 1. The highest BCUT2D eigenvalue weighted by molar-refractivity contribution is 6.07. The molecule has 1 aliphatic rings. The van der Waals surface area contributed by atoms with Gasteiger partial charge in [-0.1, -0.05) is 0 Å². The topological polar surface area (TPSA) is 101 Å². The minimum absolute atomic E-state index is 0.0339. The van der Waals surface area contributed by atoms with Gasteiger partial charge in [0.05, 0.1) is 11.3 Å². The van der Waals surface area contributed by atoms with Gasteiger partial charge in [-0.15, -0.1) is 0 Å². The number of rotatable bonds is 4. The number of aromatic nitrogens is 2. The Morgan fingerprint density at radius 3 is 2.60 bits per heavy atom. The normalized spacial score (nSPS) is 16.5. The van der Waals surface area contributed by atoms with E-state index in [1.54, 1.807) is 30.5 Å². The molecule has 0 radical (unpaired) electrons. The molecule has 0 saturated carbocycles. The lowest BCUT2D eigenvalue weighted by atomic mass is 10.0. The van der Waals surface area contributed by atoms with E-state index in [1.165, 1.54) is 0 Å². The molecular weight excluding hydrogens is 378 g/mol. The number of fused-ring (bicyclic) bond motifs is 1. The van der Waals surface area contributed by atoms with Gasteiger partial charge in [-0.2, -0.15) is 0 Å². The number of primary amides is 1. The summed E-state index contributed by atoms with van der Waals surface area (Å²) >= 11 is 0. The summed E-state index contributed by atoms with van der Waals surface area (Å²) in [7, 11) is 0. The first-order valence-electron chi connectivity index (χ1n) is 10.2. The Hall–Kier alpha value is -3.48. The summed E-state index contributed by atoms with van der Waals surface area (Å²) in [4.78, 5) is 35.7. The second kappa shape index (κ2) is 8.10. The van der Waals surface area contributed by atoms with Gasteiger partial charge in [0, 0.05) is 41.1 Å². The molecule has 3 heterocycles. The number of carbonyl (C=O) groups is 2. The first kappa shape index (κ1) is 19.8. The molecule has 4 rings (SSSR count). The zero-order chi connectivity index (χ0) is 21.3. The van der Waals surface area contributed by atoms with Gasteiger partial charge in [0.2, 0.25) is 5.91 Å². The average Bonchev–Trinajstić information content (AvgIpc) is 2.74. The Labute approximate surface area is 175 Å². The molecule has 3 N–H and O–H groups in total. The van der Waals surface area contributed by atoms with Gasteiger partial charge in [-0.3, -0.25) is 9.59 Å². The van der Waals surface area contributed by atoms with E-state index in [2.05, 4.69) is 22.2 Å². The van der Waals surface area contributed by atoms with Gasteiger partial charge in [-0.05, 0) is 69.5 Å². The zero-order valence-corrected chi connectivity index (χ0v) is 17.2. The third-order valence-corrected chi connectivity index (χ3v) is 5.60. The molecule has 1 saturated heterocycles. The Morgan fingerprint density at radius 2 is 1.90 bits per heavy atom. The first-order valence-corrected chi connectivity index (χ1v) is 10.2. The fraction of sp³-hybridized carbons (Fsp3) is 0.304. The third kappa shape index (κ3) is 3.83. The van der Waals surface area contributed by atoms with Gasteiger partial charge in [0.25, 0.3) is 5.91 Å². The van der Waals surface area contributed by atoms with Crippen molar-refractivity contribution in [2.75, 3.05) is 11.9 Å². The highest BCUT2D eigenvalue weighted by Gasteiger charge is 2.27. The lowest BCUT2D eigenvalue weighted by Gasteiger charge is -2.34. The van der Waals surface area contributed by atoms with Gasteiger partial charge in [-0.25, -0.2) is 9.97 Å². The maximum absolute atomic E-state index is 13.4. The number of carbonyl (C=O) groups excluding carboxylic acids is 2. The van der Waals surface area contributed by atoms with Crippen molar-refractivity contribution in [3.63, 3.8) is 0 Å². The molecule has 0 spiro atoms. The molecule has 2 amide bonds. The number of hydrogen-bond donors (Lipinski definition) is 2. The molecule has 30 heavy (non-hydrogen) atoms. The lowest BCUT2D eigenvalue weighted by molar-refractivity contribution is 0.0636. The number of nitrogens with one attached hydrogen (secondary N) is 1. The summed E-state index contributed by atoms with van der Waals surface area (Å²) in [6.07, 6.45) is 4.76. The molecule has 0 unspecified atom stereocenters. The van der Waals surface area contributed by atoms with Crippen molar-refractivity contribution in [2.45, 2.75) is 39.2 Å². The van der Waals surface area contributed by atoms with E-state index in [1.807, 2.05) is 24.0 Å². The predicted molar refractivity (Wildman–Crippen MR) is 117 cm³/mol. The minimum atomic E-state index is -0.481. The number of nitrogens with zero attached hydrogens (tertiary/aromatic N) is 3. The molecule has 154 valence electrons. The van der Waals surface area contributed by atoms with E-state index in [-0.39, 0.29) is 11.9 Å². The minimum Gasteiger partial charge on any atom is -0.366 e. The van der Waals surface area contributed by atoms with Gasteiger partial charge >= 0.3 is 0 Å². The fourth-order valence-corrected chi connectivity index (χ4v) is 3.89. The molecule has 1 fully saturated rings. The lowest BCUT2D eigenvalue weighted by Crippen LogP contribution is -2.42. The molecule has 1 aliphatic heterocycles. The van der Waals surface area contributed by atoms with E-state index >= 15 is 0 Å². The summed E-state index contributed by atoms with van der Waals surface area (Å²) in [6, 6.07) is 10.9. The van der Waals surface area contributed by atoms with Crippen LogP contribution in [0.1, 0.15) is 52.6 Å². The number of hydrogen-bond acceptors (Lipinski definition) is 5. The zero-order valence-electron chi connectivity index (χ0n) is 17.2. The summed E-state index contributed by atoms with van der Waals surface area (Å²) in [5.74, 6) is -0.515. The molecule has 2 aromatic heterocycles. The van der Waals surface area contributed by atoms with E-state index in [9.17, 15) is 9.59 Å². The van der Waals surface area contributed by atoms with Crippen LogP contribution in [-0.4, -0.2) is 39.3 Å². The van der Waals surface area contributed by atoms with E-state index in [0.29, 0.717) is 22.5 Å². The fourth-order valence-electron chi connectivity index (χ4n) is 3.89. The highest BCUT2D eigenvalue weighted by Crippen LogP contribution is 2.31. The maximum Gasteiger partial charge on any atom is 0.257 e. The monoisotopic (exact) mass is 403 g/mol. The van der Waals surface area contributed by atoms with Crippen LogP contribution in [-0.2, 0) is 0 Å². The van der Waals surface area contributed by atoms with Crippen molar-refractivity contribution in [3.05, 3.63) is 59.4 Å². The Kier molecular flexibility index (Phi) is 5.35. The van der Waals surface area contributed by atoms with Crippen LogP contribution < -0.4 is 11.1 Å². The first-order chi connectivity index (χ1) is 14.4. The van der Waals surface area contributed by atoms with Gasteiger partial charge in [0.15, 0.2) is 5.65 Å². The van der Waals surface area contributed by atoms with Crippen molar-refractivity contribution in [1.82, 2.24) is 14.9 Å². The number of pyridine rings is 2. The summed E-state index contributed by atoms with van der Waals surface area (Å²) < 4.78 is 0. The van der Waals surface area contributed by atoms with Crippen molar-refractivity contribution in [1.29, 1.82) is 0 Å². The number of amides is 2. The summed E-state index contributed by atoms with van der Waals surface area (Å²) in [6.45, 7) is 4.74. The molecule has 1 atom stereocenters. The predicted octanol–water partition coefficient (Wildman–Crippen LogP) is 3.80. The Bertz CT molecular complexity index is 1110. The number of piperidine rings is 1. The van der Waals surface area contributed by atoms with Crippen LogP contribution in [0.3, 0.4) is 0 Å². The Balaban J connectivity index is 1.79. The van der Waals surface area contributed by atoms with Crippen LogP contribution in [0.2, 0.25) is 0 Å². The van der Waals surface area contributed by atoms with Crippen LogP contribution in [0.25, 0.3) is 11.0 Å². The quantitative estimate of drug-likeness (QED) is 0.690. The summed E-state index contributed by atoms with van der Waals surface area (Å²) in [5.41, 5.74) is 9.13. The molecule has 0 aliphatic carbocycles. The van der Waals surface area contributed by atoms with Crippen LogP contribution >= 0.6 is 0 Å².